The Balaban J connectivity index is 1.44. The van der Waals surface area contributed by atoms with Gasteiger partial charge in [0.2, 0.25) is 0 Å². The van der Waals surface area contributed by atoms with Gasteiger partial charge in [-0.3, -0.25) is 14.5 Å². The van der Waals surface area contributed by atoms with E-state index < -0.39 is 0 Å². The first-order valence-corrected chi connectivity index (χ1v) is 8.66. The monoisotopic (exact) mass is 352 g/mol. The lowest BCUT2D eigenvalue weighted by atomic mass is 10.1. The summed E-state index contributed by atoms with van der Waals surface area (Å²) in [6, 6.07) is 9.14. The molecule has 1 amide bonds. The molecule has 0 saturated carbocycles. The number of fused-ring (bicyclic) bond motifs is 1. The molecule has 7 nitrogen and oxygen atoms in total. The number of nitrogens with one attached hydrogen (secondary N) is 2. The van der Waals surface area contributed by atoms with Crippen LogP contribution in [0.5, 0.6) is 0 Å². The van der Waals surface area contributed by atoms with Crippen molar-refractivity contribution in [3.8, 4) is 0 Å². The average Bonchev–Trinajstić information content (AvgIpc) is 3.24. The van der Waals surface area contributed by atoms with Gasteiger partial charge in [-0.05, 0) is 19.4 Å². The SMILES string of the molecule is Cc1cc(CN2CCC(NC(=O)c3c[nH]c(=O)c4ccccc34)C2)on1. The Morgan fingerprint density at radius 3 is 2.96 bits per heavy atom. The van der Waals surface area contributed by atoms with Crippen LogP contribution in [0.15, 0.2) is 45.8 Å². The Bertz CT molecular complexity index is 1010. The van der Waals surface area contributed by atoms with Crippen LogP contribution in [0.2, 0.25) is 0 Å². The van der Waals surface area contributed by atoms with Crippen LogP contribution in [0.4, 0.5) is 0 Å². The zero-order valence-electron chi connectivity index (χ0n) is 14.5. The van der Waals surface area contributed by atoms with E-state index in [1.807, 2.05) is 19.1 Å². The molecule has 1 aliphatic heterocycles. The first-order valence-electron chi connectivity index (χ1n) is 8.66. The quantitative estimate of drug-likeness (QED) is 0.747. The zero-order valence-corrected chi connectivity index (χ0v) is 14.5. The van der Waals surface area contributed by atoms with Crippen LogP contribution in [0.1, 0.15) is 28.2 Å². The number of likely N-dealkylation sites (tertiary alicyclic amines) is 1. The van der Waals surface area contributed by atoms with E-state index in [0.717, 1.165) is 31.0 Å². The lowest BCUT2D eigenvalue weighted by Crippen LogP contribution is -2.37. The number of carbonyl (C=O) groups is 1. The lowest BCUT2D eigenvalue weighted by molar-refractivity contribution is 0.0938. The molecule has 2 aromatic heterocycles. The Hall–Kier alpha value is -2.93. The maximum absolute atomic E-state index is 12.7. The molecular weight excluding hydrogens is 332 g/mol. The maximum Gasteiger partial charge on any atom is 0.255 e. The molecule has 1 unspecified atom stereocenters. The minimum absolute atomic E-state index is 0.0669. The molecule has 2 N–H and O–H groups in total. The maximum atomic E-state index is 12.7. The van der Waals surface area contributed by atoms with Gasteiger partial charge in [0.15, 0.2) is 5.76 Å². The third-order valence-electron chi connectivity index (χ3n) is 4.72. The third kappa shape index (κ3) is 3.25. The number of pyridine rings is 1. The molecule has 1 aromatic carbocycles. The van der Waals surface area contributed by atoms with Crippen molar-refractivity contribution < 1.29 is 9.32 Å². The number of amides is 1. The number of nitrogens with zero attached hydrogens (tertiary/aromatic N) is 2. The summed E-state index contributed by atoms with van der Waals surface area (Å²) in [4.78, 5) is 29.5. The fourth-order valence-electron chi connectivity index (χ4n) is 3.47. The summed E-state index contributed by atoms with van der Waals surface area (Å²) in [5.74, 6) is 0.668. The van der Waals surface area contributed by atoms with E-state index in [2.05, 4.69) is 20.4 Å². The van der Waals surface area contributed by atoms with Crippen molar-refractivity contribution in [2.45, 2.75) is 25.9 Å². The molecule has 0 spiro atoms. The summed E-state index contributed by atoms with van der Waals surface area (Å²) in [6.07, 6.45) is 2.37. The fraction of sp³-hybridized carbons (Fsp3) is 0.316. The Morgan fingerprint density at radius 1 is 1.38 bits per heavy atom. The van der Waals surface area contributed by atoms with Crippen molar-refractivity contribution >= 4 is 16.7 Å². The molecule has 0 radical (unpaired) electrons. The molecule has 1 fully saturated rings. The average molecular weight is 352 g/mol. The van der Waals surface area contributed by atoms with E-state index in [1.54, 1.807) is 18.2 Å². The lowest BCUT2D eigenvalue weighted by Gasteiger charge is -2.15. The number of carbonyl (C=O) groups excluding carboxylic acids is 1. The molecule has 7 heteroatoms. The fourth-order valence-corrected chi connectivity index (χ4v) is 3.47. The van der Waals surface area contributed by atoms with E-state index in [0.29, 0.717) is 22.9 Å². The molecular formula is C19H20N4O3. The van der Waals surface area contributed by atoms with Gasteiger partial charge in [-0.1, -0.05) is 23.4 Å². The first-order chi connectivity index (χ1) is 12.6. The van der Waals surface area contributed by atoms with E-state index >= 15 is 0 Å². The topological polar surface area (TPSA) is 91.2 Å². The molecule has 0 bridgehead atoms. The number of aromatic nitrogens is 2. The molecule has 3 aromatic rings. The smallest absolute Gasteiger partial charge is 0.255 e. The Labute approximate surface area is 150 Å². The van der Waals surface area contributed by atoms with Crippen molar-refractivity contribution in [1.82, 2.24) is 20.4 Å². The van der Waals surface area contributed by atoms with E-state index in [-0.39, 0.29) is 17.5 Å². The third-order valence-corrected chi connectivity index (χ3v) is 4.72. The molecule has 0 aliphatic carbocycles. The molecule has 26 heavy (non-hydrogen) atoms. The standard InChI is InChI=1S/C19H20N4O3/c1-12-8-14(26-22-12)11-23-7-6-13(10-23)21-19(25)17-9-20-18(24)16-5-3-2-4-15(16)17/h2-5,8-9,13H,6-7,10-11H2,1H3,(H,20,24)(H,21,25). The van der Waals surface area contributed by atoms with Crippen LogP contribution in [-0.4, -0.2) is 40.1 Å². The van der Waals surface area contributed by atoms with E-state index in [4.69, 9.17) is 4.52 Å². The minimum atomic E-state index is -0.188. The van der Waals surface area contributed by atoms with Crippen molar-refractivity contribution in [3.05, 3.63) is 63.9 Å². The molecule has 1 saturated heterocycles. The highest BCUT2D eigenvalue weighted by molar-refractivity contribution is 6.06. The molecule has 3 heterocycles. The molecule has 1 aliphatic rings. The predicted octanol–water partition coefficient (Wildman–Crippen LogP) is 1.83. The first kappa shape index (κ1) is 16.5. The van der Waals surface area contributed by atoms with Crippen molar-refractivity contribution in [2.75, 3.05) is 13.1 Å². The highest BCUT2D eigenvalue weighted by Crippen LogP contribution is 2.17. The van der Waals surface area contributed by atoms with Crippen molar-refractivity contribution in [1.29, 1.82) is 0 Å². The highest BCUT2D eigenvalue weighted by Gasteiger charge is 2.25. The van der Waals surface area contributed by atoms with Gasteiger partial charge in [0.25, 0.3) is 11.5 Å². The van der Waals surface area contributed by atoms with Gasteiger partial charge in [-0.25, -0.2) is 0 Å². The van der Waals surface area contributed by atoms with Gasteiger partial charge in [0.05, 0.1) is 17.8 Å². The summed E-state index contributed by atoms with van der Waals surface area (Å²) < 4.78 is 5.26. The van der Waals surface area contributed by atoms with Gasteiger partial charge in [0.1, 0.15) is 0 Å². The van der Waals surface area contributed by atoms with Gasteiger partial charge in [-0.15, -0.1) is 0 Å². The van der Waals surface area contributed by atoms with Crippen LogP contribution >= 0.6 is 0 Å². The van der Waals surface area contributed by atoms with Gasteiger partial charge >= 0.3 is 0 Å². The number of aryl methyl sites for hydroxylation is 1. The van der Waals surface area contributed by atoms with Gasteiger partial charge in [-0.2, -0.15) is 0 Å². The second-order valence-electron chi connectivity index (χ2n) is 6.71. The van der Waals surface area contributed by atoms with Crippen molar-refractivity contribution in [2.24, 2.45) is 0 Å². The molecule has 1 atom stereocenters. The second-order valence-corrected chi connectivity index (χ2v) is 6.71. The van der Waals surface area contributed by atoms with Gasteiger partial charge < -0.3 is 14.8 Å². The minimum Gasteiger partial charge on any atom is -0.360 e. The molecule has 134 valence electrons. The van der Waals surface area contributed by atoms with E-state index in [9.17, 15) is 9.59 Å². The number of hydrogen-bond acceptors (Lipinski definition) is 5. The Morgan fingerprint density at radius 2 is 2.19 bits per heavy atom. The number of H-pyrrole nitrogens is 1. The second kappa shape index (κ2) is 6.76. The number of aromatic amines is 1. The zero-order chi connectivity index (χ0) is 18.1. The summed E-state index contributed by atoms with van der Waals surface area (Å²) in [6.45, 7) is 4.23. The van der Waals surface area contributed by atoms with Crippen LogP contribution in [0.3, 0.4) is 0 Å². The summed E-state index contributed by atoms with van der Waals surface area (Å²) in [5.41, 5.74) is 1.17. The largest absolute Gasteiger partial charge is 0.360 e. The van der Waals surface area contributed by atoms with Crippen LogP contribution in [0, 0.1) is 6.92 Å². The normalized spacial score (nSPS) is 17.7. The van der Waals surface area contributed by atoms with Crippen LogP contribution in [0.25, 0.3) is 10.8 Å². The number of benzene rings is 1. The van der Waals surface area contributed by atoms with Crippen LogP contribution < -0.4 is 10.9 Å². The number of hydrogen-bond donors (Lipinski definition) is 2. The number of rotatable bonds is 4. The van der Waals surface area contributed by atoms with Crippen LogP contribution in [-0.2, 0) is 6.54 Å². The van der Waals surface area contributed by atoms with E-state index in [1.165, 1.54) is 6.20 Å². The summed E-state index contributed by atoms with van der Waals surface area (Å²) >= 11 is 0. The highest BCUT2D eigenvalue weighted by atomic mass is 16.5. The predicted molar refractivity (Wildman–Crippen MR) is 97.0 cm³/mol. The van der Waals surface area contributed by atoms with Crippen molar-refractivity contribution in [3.63, 3.8) is 0 Å². The summed E-state index contributed by atoms with van der Waals surface area (Å²) in [5, 5.41) is 8.17. The molecule has 4 rings (SSSR count). The Kier molecular flexibility index (Phi) is 4.30. The summed E-state index contributed by atoms with van der Waals surface area (Å²) in [7, 11) is 0. The van der Waals surface area contributed by atoms with Gasteiger partial charge in [0, 0.05) is 42.2 Å².